The molecule has 114 valence electrons. The van der Waals surface area contributed by atoms with Crippen molar-refractivity contribution in [1.29, 1.82) is 0 Å². The topological polar surface area (TPSA) is 60.9 Å². The van der Waals surface area contributed by atoms with Gasteiger partial charge in [-0.25, -0.2) is 4.79 Å². The summed E-state index contributed by atoms with van der Waals surface area (Å²) in [6.07, 6.45) is 7.20. The summed E-state index contributed by atoms with van der Waals surface area (Å²) in [6.45, 7) is 3.75. The van der Waals surface area contributed by atoms with Crippen molar-refractivity contribution in [3.8, 4) is 0 Å². The van der Waals surface area contributed by atoms with E-state index in [2.05, 4.69) is 6.92 Å². The molecule has 0 radical (unpaired) electrons. The van der Waals surface area contributed by atoms with E-state index in [1.54, 1.807) is 0 Å². The second-order valence-corrected chi connectivity index (χ2v) is 6.10. The number of hydrogen-bond donors (Lipinski definition) is 1. The summed E-state index contributed by atoms with van der Waals surface area (Å²) < 4.78 is 0. The second-order valence-electron chi connectivity index (χ2n) is 6.10. The number of likely N-dealkylation sites (tertiary alicyclic amines) is 2. The van der Waals surface area contributed by atoms with Crippen LogP contribution in [0.5, 0.6) is 0 Å². The summed E-state index contributed by atoms with van der Waals surface area (Å²) in [5.74, 6) is -0.769. The molecule has 0 bridgehead atoms. The van der Waals surface area contributed by atoms with E-state index in [9.17, 15) is 9.59 Å². The van der Waals surface area contributed by atoms with Crippen LogP contribution < -0.4 is 0 Å². The molecule has 2 unspecified atom stereocenters. The first-order valence-corrected chi connectivity index (χ1v) is 7.88. The third-order valence-corrected chi connectivity index (χ3v) is 4.61. The molecular formula is C15H26N2O3. The highest BCUT2D eigenvalue weighted by Gasteiger charge is 2.32. The largest absolute Gasteiger partial charge is 0.481 e. The Morgan fingerprint density at radius 3 is 2.35 bits per heavy atom. The number of rotatable bonds is 3. The van der Waals surface area contributed by atoms with Crippen LogP contribution in [0, 0.1) is 0 Å². The standard InChI is InChI=1S/C15H26N2O3/c1-12-6-2-4-10-16(12)15(20)17-11-5-3-7-13(17)8-9-14(18)19/h12-13H,2-11H2,1H3,(H,18,19). The number of urea groups is 1. The molecule has 2 heterocycles. The molecule has 2 amide bonds. The van der Waals surface area contributed by atoms with Crippen LogP contribution in [0.4, 0.5) is 4.79 Å². The molecule has 20 heavy (non-hydrogen) atoms. The minimum Gasteiger partial charge on any atom is -0.481 e. The van der Waals surface area contributed by atoms with Crippen LogP contribution in [-0.4, -0.2) is 52.1 Å². The zero-order chi connectivity index (χ0) is 14.5. The maximum atomic E-state index is 12.7. The number of nitrogens with zero attached hydrogens (tertiary/aromatic N) is 2. The van der Waals surface area contributed by atoms with Gasteiger partial charge in [-0.05, 0) is 51.9 Å². The van der Waals surface area contributed by atoms with Crippen LogP contribution in [0.3, 0.4) is 0 Å². The Balaban J connectivity index is 1.98. The highest BCUT2D eigenvalue weighted by atomic mass is 16.4. The first kappa shape index (κ1) is 15.1. The molecule has 0 aromatic carbocycles. The van der Waals surface area contributed by atoms with E-state index in [0.717, 1.165) is 45.2 Å². The molecule has 2 aliphatic heterocycles. The molecule has 1 N–H and O–H groups in total. The lowest BCUT2D eigenvalue weighted by Crippen LogP contribution is -2.54. The number of aliphatic carboxylic acids is 1. The van der Waals surface area contributed by atoms with Gasteiger partial charge in [0, 0.05) is 31.6 Å². The SMILES string of the molecule is CC1CCCCN1C(=O)N1CCCCC1CCC(=O)O. The maximum absolute atomic E-state index is 12.7. The van der Waals surface area contributed by atoms with Crippen molar-refractivity contribution >= 4 is 12.0 Å². The van der Waals surface area contributed by atoms with Gasteiger partial charge in [0.15, 0.2) is 0 Å². The average Bonchev–Trinajstić information content (AvgIpc) is 2.45. The highest BCUT2D eigenvalue weighted by molar-refractivity contribution is 5.75. The molecule has 0 aromatic heterocycles. The van der Waals surface area contributed by atoms with Gasteiger partial charge in [-0.1, -0.05) is 0 Å². The third kappa shape index (κ3) is 3.64. The third-order valence-electron chi connectivity index (χ3n) is 4.61. The van der Waals surface area contributed by atoms with E-state index in [1.165, 1.54) is 6.42 Å². The lowest BCUT2D eigenvalue weighted by atomic mass is 9.97. The zero-order valence-electron chi connectivity index (χ0n) is 12.4. The number of amides is 2. The lowest BCUT2D eigenvalue weighted by molar-refractivity contribution is -0.137. The Bertz CT molecular complexity index is 359. The van der Waals surface area contributed by atoms with Gasteiger partial charge in [-0.3, -0.25) is 4.79 Å². The average molecular weight is 282 g/mol. The predicted octanol–water partition coefficient (Wildman–Crippen LogP) is 2.70. The van der Waals surface area contributed by atoms with Gasteiger partial charge in [-0.15, -0.1) is 0 Å². The van der Waals surface area contributed by atoms with Crippen molar-refractivity contribution in [3.05, 3.63) is 0 Å². The quantitative estimate of drug-likeness (QED) is 0.865. The second kappa shape index (κ2) is 6.95. The van der Waals surface area contributed by atoms with E-state index in [4.69, 9.17) is 5.11 Å². The molecule has 0 aliphatic carbocycles. The van der Waals surface area contributed by atoms with Crippen molar-refractivity contribution in [2.75, 3.05) is 13.1 Å². The molecule has 5 heteroatoms. The molecule has 0 aromatic rings. The molecule has 0 saturated carbocycles. The first-order chi connectivity index (χ1) is 9.59. The molecule has 2 atom stereocenters. The molecule has 2 rings (SSSR count). The van der Waals surface area contributed by atoms with Crippen LogP contribution in [0.25, 0.3) is 0 Å². The summed E-state index contributed by atoms with van der Waals surface area (Å²) in [6, 6.07) is 0.562. The van der Waals surface area contributed by atoms with E-state index >= 15 is 0 Å². The predicted molar refractivity (Wildman–Crippen MR) is 76.6 cm³/mol. The molecule has 5 nitrogen and oxygen atoms in total. The van der Waals surface area contributed by atoms with E-state index in [0.29, 0.717) is 12.5 Å². The summed E-state index contributed by atoms with van der Waals surface area (Å²) >= 11 is 0. The fourth-order valence-electron chi connectivity index (χ4n) is 3.39. The number of hydrogen-bond acceptors (Lipinski definition) is 2. The van der Waals surface area contributed by atoms with E-state index in [-0.39, 0.29) is 18.5 Å². The summed E-state index contributed by atoms with van der Waals surface area (Å²) in [5.41, 5.74) is 0. The monoisotopic (exact) mass is 282 g/mol. The van der Waals surface area contributed by atoms with Gasteiger partial charge in [0.25, 0.3) is 0 Å². The Hall–Kier alpha value is -1.26. The first-order valence-electron chi connectivity index (χ1n) is 7.88. The summed E-state index contributed by atoms with van der Waals surface area (Å²) in [5, 5.41) is 8.85. The molecule has 2 saturated heterocycles. The smallest absolute Gasteiger partial charge is 0.320 e. The fourth-order valence-corrected chi connectivity index (χ4v) is 3.39. The summed E-state index contributed by atoms with van der Waals surface area (Å²) in [7, 11) is 0. The van der Waals surface area contributed by atoms with Gasteiger partial charge in [0.1, 0.15) is 0 Å². The van der Waals surface area contributed by atoms with Crippen LogP contribution >= 0.6 is 0 Å². The number of carbonyl (C=O) groups is 2. The van der Waals surface area contributed by atoms with E-state index in [1.807, 2.05) is 9.80 Å². The normalized spacial score (nSPS) is 27.4. The molecular weight excluding hydrogens is 256 g/mol. The highest BCUT2D eigenvalue weighted by Crippen LogP contribution is 2.25. The number of piperidine rings is 2. The molecule has 0 spiro atoms. The fraction of sp³-hybridized carbons (Fsp3) is 0.867. The number of carboxylic acids is 1. The Morgan fingerprint density at radius 2 is 1.70 bits per heavy atom. The van der Waals surface area contributed by atoms with Crippen molar-refractivity contribution in [2.24, 2.45) is 0 Å². The van der Waals surface area contributed by atoms with Crippen molar-refractivity contribution in [1.82, 2.24) is 9.80 Å². The maximum Gasteiger partial charge on any atom is 0.320 e. The Morgan fingerprint density at radius 1 is 1.05 bits per heavy atom. The molecule has 2 aliphatic rings. The van der Waals surface area contributed by atoms with E-state index < -0.39 is 5.97 Å². The lowest BCUT2D eigenvalue weighted by Gasteiger charge is -2.42. The van der Waals surface area contributed by atoms with Gasteiger partial charge in [0.2, 0.25) is 0 Å². The summed E-state index contributed by atoms with van der Waals surface area (Å²) in [4.78, 5) is 27.4. The number of carboxylic acid groups (broad SMARTS) is 1. The Labute approximate surface area is 120 Å². The zero-order valence-corrected chi connectivity index (χ0v) is 12.4. The number of carbonyl (C=O) groups excluding carboxylic acids is 1. The Kier molecular flexibility index (Phi) is 5.26. The van der Waals surface area contributed by atoms with Crippen molar-refractivity contribution < 1.29 is 14.7 Å². The van der Waals surface area contributed by atoms with Crippen LogP contribution in [-0.2, 0) is 4.79 Å². The van der Waals surface area contributed by atoms with Crippen molar-refractivity contribution in [2.45, 2.75) is 70.4 Å². The minimum atomic E-state index is -0.769. The van der Waals surface area contributed by atoms with Gasteiger partial charge >= 0.3 is 12.0 Å². The molecule has 2 fully saturated rings. The van der Waals surface area contributed by atoms with Gasteiger partial charge in [-0.2, -0.15) is 0 Å². The van der Waals surface area contributed by atoms with Gasteiger partial charge < -0.3 is 14.9 Å². The van der Waals surface area contributed by atoms with Crippen LogP contribution in [0.15, 0.2) is 0 Å². The van der Waals surface area contributed by atoms with Crippen LogP contribution in [0.2, 0.25) is 0 Å². The van der Waals surface area contributed by atoms with Crippen molar-refractivity contribution in [3.63, 3.8) is 0 Å². The minimum absolute atomic E-state index is 0.112. The van der Waals surface area contributed by atoms with Gasteiger partial charge in [0.05, 0.1) is 0 Å². The van der Waals surface area contributed by atoms with Crippen LogP contribution in [0.1, 0.15) is 58.3 Å².